The van der Waals surface area contributed by atoms with Gasteiger partial charge in [-0.1, -0.05) is 30.1 Å². The normalized spacial score (nSPS) is 12.3. The molecule has 0 aliphatic rings. The smallest absolute Gasteiger partial charge is 0.246 e. The highest BCUT2D eigenvalue weighted by Crippen LogP contribution is 2.43. The van der Waals surface area contributed by atoms with E-state index in [1.165, 1.54) is 4.31 Å². The lowest BCUT2D eigenvalue weighted by atomic mass is 10.5. The quantitative estimate of drug-likeness (QED) is 0.802. The molecule has 0 unspecified atom stereocenters. The maximum absolute atomic E-state index is 12.4. The Balaban J connectivity index is 3.26. The van der Waals surface area contributed by atoms with Gasteiger partial charge in [0.05, 0.1) is 11.1 Å². The maximum Gasteiger partial charge on any atom is 0.246 e. The molecule has 0 fully saturated rings. The van der Waals surface area contributed by atoms with Gasteiger partial charge in [-0.05, 0) is 22.4 Å². The zero-order chi connectivity index (χ0) is 13.9. The van der Waals surface area contributed by atoms with Crippen molar-refractivity contribution in [1.82, 2.24) is 4.31 Å². The van der Waals surface area contributed by atoms with Gasteiger partial charge in [0.25, 0.3) is 0 Å². The van der Waals surface area contributed by atoms with Crippen molar-refractivity contribution in [3.05, 3.63) is 13.1 Å². The molecule has 1 heterocycles. The first-order valence-electron chi connectivity index (χ1n) is 5.10. The average Bonchev–Trinajstić information content (AvgIpc) is 2.53. The van der Waals surface area contributed by atoms with Crippen molar-refractivity contribution in [3.8, 4) is 0 Å². The minimum absolute atomic E-state index is 0.0268. The van der Waals surface area contributed by atoms with E-state index in [9.17, 15) is 8.42 Å². The topological polar surface area (TPSA) is 57.6 Å². The molecule has 0 saturated carbocycles. The van der Waals surface area contributed by atoms with Gasteiger partial charge in [-0.25, -0.2) is 8.42 Å². The van der Waals surface area contributed by atoms with Crippen LogP contribution in [0.15, 0.2) is 9.37 Å². The maximum atomic E-state index is 12.4. The van der Waals surface area contributed by atoms with Crippen LogP contribution in [0.2, 0.25) is 8.67 Å². The van der Waals surface area contributed by atoms with Crippen molar-refractivity contribution >= 4 is 60.5 Å². The SMILES string of the molecule is CCCN(CCO)S(=O)(=O)c1c(Cl)sc(Cl)c1Br. The van der Waals surface area contributed by atoms with Gasteiger partial charge in [0, 0.05) is 13.1 Å². The second-order valence-electron chi connectivity index (χ2n) is 3.42. The first-order chi connectivity index (χ1) is 8.36. The summed E-state index contributed by atoms with van der Waals surface area (Å²) in [6.07, 6.45) is 0.645. The standard InChI is InChI=1S/C9H12BrCl2NO3S2/c1-2-3-13(4-5-14)18(15,16)7-6(10)8(11)17-9(7)12/h14H,2-5H2,1H3. The van der Waals surface area contributed by atoms with Crippen LogP contribution in [0.1, 0.15) is 13.3 Å². The number of rotatable bonds is 6. The van der Waals surface area contributed by atoms with Crippen LogP contribution in [0.5, 0.6) is 0 Å². The lowest BCUT2D eigenvalue weighted by Gasteiger charge is -2.20. The third-order valence-corrected chi connectivity index (χ3v) is 7.51. The van der Waals surface area contributed by atoms with Gasteiger partial charge in [0.1, 0.15) is 13.6 Å². The number of nitrogens with zero attached hydrogens (tertiary/aromatic N) is 1. The van der Waals surface area contributed by atoms with Crippen molar-refractivity contribution in [3.63, 3.8) is 0 Å². The van der Waals surface area contributed by atoms with Crippen LogP contribution in [0, 0.1) is 0 Å². The summed E-state index contributed by atoms with van der Waals surface area (Å²) in [6, 6.07) is 0. The number of halogens is 3. The Hall–Kier alpha value is 0.630. The fourth-order valence-electron chi connectivity index (χ4n) is 1.40. The van der Waals surface area contributed by atoms with Crippen LogP contribution in [0.4, 0.5) is 0 Å². The van der Waals surface area contributed by atoms with E-state index in [1.807, 2.05) is 6.92 Å². The van der Waals surface area contributed by atoms with Gasteiger partial charge < -0.3 is 5.11 Å². The highest BCUT2D eigenvalue weighted by atomic mass is 79.9. The lowest BCUT2D eigenvalue weighted by Crippen LogP contribution is -2.34. The summed E-state index contributed by atoms with van der Waals surface area (Å²) in [5.74, 6) is 0. The molecule has 0 radical (unpaired) electrons. The molecule has 0 aliphatic heterocycles. The van der Waals surface area contributed by atoms with Gasteiger partial charge in [-0.15, -0.1) is 11.3 Å². The van der Waals surface area contributed by atoms with E-state index in [-0.39, 0.29) is 26.9 Å². The minimum atomic E-state index is -3.75. The summed E-state index contributed by atoms with van der Waals surface area (Å²) in [7, 11) is -3.75. The molecule has 0 amide bonds. The third-order valence-electron chi connectivity index (χ3n) is 2.15. The zero-order valence-corrected chi connectivity index (χ0v) is 14.2. The summed E-state index contributed by atoms with van der Waals surface area (Å²) in [5, 5.41) is 8.94. The van der Waals surface area contributed by atoms with Crippen LogP contribution in [0.3, 0.4) is 0 Å². The van der Waals surface area contributed by atoms with Crippen LogP contribution in [-0.4, -0.2) is 37.5 Å². The molecule has 0 bridgehead atoms. The average molecular weight is 397 g/mol. The minimum Gasteiger partial charge on any atom is -0.395 e. The summed E-state index contributed by atoms with van der Waals surface area (Å²) < 4.78 is 26.7. The predicted octanol–water partition coefficient (Wildman–Crippen LogP) is 3.21. The van der Waals surface area contributed by atoms with Gasteiger partial charge in [0.15, 0.2) is 0 Å². The van der Waals surface area contributed by atoms with Crippen molar-refractivity contribution in [2.45, 2.75) is 18.2 Å². The van der Waals surface area contributed by atoms with E-state index in [0.717, 1.165) is 11.3 Å². The Labute approximate surface area is 129 Å². The Kier molecular flexibility index (Phi) is 6.37. The Morgan fingerprint density at radius 1 is 1.33 bits per heavy atom. The lowest BCUT2D eigenvalue weighted by molar-refractivity contribution is 0.253. The largest absolute Gasteiger partial charge is 0.395 e. The van der Waals surface area contributed by atoms with Crippen molar-refractivity contribution in [1.29, 1.82) is 0 Å². The molecule has 0 aliphatic carbocycles. The Morgan fingerprint density at radius 2 is 1.94 bits per heavy atom. The monoisotopic (exact) mass is 395 g/mol. The van der Waals surface area contributed by atoms with E-state index < -0.39 is 10.0 Å². The second-order valence-corrected chi connectivity index (χ2v) is 8.31. The Morgan fingerprint density at radius 3 is 2.33 bits per heavy atom. The number of thiophene rings is 1. The molecule has 4 nitrogen and oxygen atoms in total. The van der Waals surface area contributed by atoms with Gasteiger partial charge in [0.2, 0.25) is 10.0 Å². The molecule has 0 aromatic carbocycles. The number of aliphatic hydroxyl groups is 1. The van der Waals surface area contributed by atoms with E-state index in [2.05, 4.69) is 15.9 Å². The van der Waals surface area contributed by atoms with Crippen LogP contribution >= 0.6 is 50.5 Å². The van der Waals surface area contributed by atoms with E-state index in [4.69, 9.17) is 28.3 Å². The van der Waals surface area contributed by atoms with Crippen molar-refractivity contribution in [2.75, 3.05) is 19.7 Å². The number of hydrogen-bond donors (Lipinski definition) is 1. The second kappa shape index (κ2) is 6.88. The highest BCUT2D eigenvalue weighted by molar-refractivity contribution is 9.10. The molecule has 104 valence electrons. The molecule has 1 aromatic rings. The summed E-state index contributed by atoms with van der Waals surface area (Å²) in [6.45, 7) is 1.97. The van der Waals surface area contributed by atoms with Gasteiger partial charge >= 0.3 is 0 Å². The molecule has 0 spiro atoms. The fraction of sp³-hybridized carbons (Fsp3) is 0.556. The van der Waals surface area contributed by atoms with E-state index in [0.29, 0.717) is 17.3 Å². The van der Waals surface area contributed by atoms with Gasteiger partial charge in [-0.2, -0.15) is 4.31 Å². The van der Waals surface area contributed by atoms with Crippen LogP contribution in [-0.2, 0) is 10.0 Å². The summed E-state index contributed by atoms with van der Waals surface area (Å²) in [5.41, 5.74) is 0. The van der Waals surface area contributed by atoms with E-state index in [1.54, 1.807) is 0 Å². The van der Waals surface area contributed by atoms with Crippen LogP contribution in [0.25, 0.3) is 0 Å². The number of sulfonamides is 1. The first-order valence-corrected chi connectivity index (χ1v) is 8.91. The van der Waals surface area contributed by atoms with Crippen molar-refractivity contribution in [2.24, 2.45) is 0 Å². The molecule has 1 rings (SSSR count). The molecule has 0 saturated heterocycles. The molecule has 1 N–H and O–H groups in total. The third kappa shape index (κ3) is 3.39. The Bertz CT molecular complexity index is 512. The molecule has 18 heavy (non-hydrogen) atoms. The molecule has 0 atom stereocenters. The summed E-state index contributed by atoms with van der Waals surface area (Å²) >= 11 is 15.9. The van der Waals surface area contributed by atoms with Crippen molar-refractivity contribution < 1.29 is 13.5 Å². The number of hydrogen-bond acceptors (Lipinski definition) is 4. The predicted molar refractivity (Wildman–Crippen MR) is 78.2 cm³/mol. The fourth-order valence-corrected chi connectivity index (χ4v) is 6.40. The summed E-state index contributed by atoms with van der Waals surface area (Å²) in [4.78, 5) is -0.0268. The molecular weight excluding hydrogens is 385 g/mol. The zero-order valence-electron chi connectivity index (χ0n) is 9.49. The molecule has 9 heteroatoms. The molecular formula is C9H12BrCl2NO3S2. The highest BCUT2D eigenvalue weighted by Gasteiger charge is 2.31. The molecule has 1 aromatic heterocycles. The van der Waals surface area contributed by atoms with Crippen LogP contribution < -0.4 is 0 Å². The van der Waals surface area contributed by atoms with E-state index >= 15 is 0 Å². The van der Waals surface area contributed by atoms with Gasteiger partial charge in [-0.3, -0.25) is 0 Å². The number of aliphatic hydroxyl groups excluding tert-OH is 1. The first kappa shape index (κ1) is 16.7.